The Morgan fingerprint density at radius 1 is 1.29 bits per heavy atom. The molecule has 2 unspecified atom stereocenters. The highest BCUT2D eigenvalue weighted by molar-refractivity contribution is 5.81. The molecule has 5 nitrogen and oxygen atoms in total. The third-order valence-corrected chi connectivity index (χ3v) is 4.56. The van der Waals surface area contributed by atoms with E-state index in [1.165, 1.54) is 36.4 Å². The summed E-state index contributed by atoms with van der Waals surface area (Å²) >= 11 is 0. The molecule has 1 aliphatic rings. The lowest BCUT2D eigenvalue weighted by atomic mass is 9.86. The maximum atomic E-state index is 14.1. The van der Waals surface area contributed by atoms with Crippen molar-refractivity contribution < 1.29 is 18.0 Å². The number of nitrogens with zero attached hydrogens (tertiary/aromatic N) is 4. The molecule has 2 atom stereocenters. The number of carbonyl (C=O) groups is 1. The maximum Gasteiger partial charge on any atom is 0.415 e. The maximum absolute atomic E-state index is 14.1. The van der Waals surface area contributed by atoms with E-state index < -0.39 is 23.7 Å². The quantitative estimate of drug-likeness (QED) is 0.865. The molecule has 24 heavy (non-hydrogen) atoms. The Hall–Kier alpha value is -2.38. The van der Waals surface area contributed by atoms with E-state index >= 15 is 0 Å². The van der Waals surface area contributed by atoms with E-state index in [2.05, 4.69) is 10.1 Å². The summed E-state index contributed by atoms with van der Waals surface area (Å²) in [4.78, 5) is 17.5. The van der Waals surface area contributed by atoms with E-state index in [1.807, 2.05) is 0 Å². The number of likely N-dealkylation sites (tertiary alicyclic amines) is 1. The number of carbonyl (C=O) groups excluding carboxylic acids is 1. The lowest BCUT2D eigenvalue weighted by molar-refractivity contribution is -0.229. The number of benzene rings is 1. The molecule has 1 saturated heterocycles. The fraction of sp³-hybridized carbons (Fsp3) is 0.438. The first-order valence-corrected chi connectivity index (χ1v) is 7.66. The van der Waals surface area contributed by atoms with Gasteiger partial charge in [-0.3, -0.25) is 4.79 Å². The van der Waals surface area contributed by atoms with Gasteiger partial charge in [0.25, 0.3) is 0 Å². The first-order chi connectivity index (χ1) is 11.4. The van der Waals surface area contributed by atoms with Gasteiger partial charge in [0.05, 0.1) is 0 Å². The molecule has 1 aromatic heterocycles. The third-order valence-electron chi connectivity index (χ3n) is 4.56. The molecule has 1 aliphatic heterocycles. The van der Waals surface area contributed by atoms with Gasteiger partial charge in [0.15, 0.2) is 5.54 Å². The van der Waals surface area contributed by atoms with Gasteiger partial charge in [-0.25, -0.2) is 9.67 Å². The second kappa shape index (κ2) is 5.92. The van der Waals surface area contributed by atoms with Gasteiger partial charge in [0.1, 0.15) is 18.7 Å². The Balaban J connectivity index is 2.04. The van der Waals surface area contributed by atoms with Gasteiger partial charge in [-0.15, -0.1) is 0 Å². The SMILES string of the molecule is CC(C(=O)N1CCCC1(c1ccccc1)C(F)(F)F)n1cncn1. The van der Waals surface area contributed by atoms with Gasteiger partial charge in [0.2, 0.25) is 5.91 Å². The van der Waals surface area contributed by atoms with Crippen molar-refractivity contribution in [3.8, 4) is 0 Å². The van der Waals surface area contributed by atoms with Crippen LogP contribution in [0.3, 0.4) is 0 Å². The summed E-state index contributed by atoms with van der Waals surface area (Å²) in [7, 11) is 0. The van der Waals surface area contributed by atoms with Gasteiger partial charge in [-0.05, 0) is 25.3 Å². The average molecular weight is 338 g/mol. The fourth-order valence-corrected chi connectivity index (χ4v) is 3.35. The van der Waals surface area contributed by atoms with Crippen molar-refractivity contribution in [1.82, 2.24) is 19.7 Å². The third kappa shape index (κ3) is 2.46. The van der Waals surface area contributed by atoms with E-state index in [1.54, 1.807) is 18.2 Å². The van der Waals surface area contributed by atoms with Crippen molar-refractivity contribution in [2.24, 2.45) is 0 Å². The number of rotatable bonds is 3. The predicted molar refractivity (Wildman–Crippen MR) is 79.9 cm³/mol. The Morgan fingerprint density at radius 2 is 2.00 bits per heavy atom. The summed E-state index contributed by atoms with van der Waals surface area (Å²) in [6, 6.07) is 6.79. The van der Waals surface area contributed by atoms with E-state index in [-0.39, 0.29) is 18.5 Å². The molecule has 0 radical (unpaired) electrons. The molecule has 0 spiro atoms. The highest BCUT2D eigenvalue weighted by atomic mass is 19.4. The number of aromatic nitrogens is 3. The zero-order valence-corrected chi connectivity index (χ0v) is 13.1. The molecule has 0 N–H and O–H groups in total. The van der Waals surface area contributed by atoms with E-state index in [0.717, 1.165) is 4.90 Å². The van der Waals surface area contributed by atoms with Crippen LogP contribution in [0.5, 0.6) is 0 Å². The Kier molecular flexibility index (Phi) is 4.06. The molecule has 8 heteroatoms. The molecule has 0 bridgehead atoms. The van der Waals surface area contributed by atoms with Crippen LogP contribution in [0.2, 0.25) is 0 Å². The van der Waals surface area contributed by atoms with Crippen LogP contribution in [0.4, 0.5) is 13.2 Å². The normalized spacial score (nSPS) is 22.6. The second-order valence-electron chi connectivity index (χ2n) is 5.87. The molecule has 1 fully saturated rings. The van der Waals surface area contributed by atoms with Crippen molar-refractivity contribution in [2.75, 3.05) is 6.54 Å². The van der Waals surface area contributed by atoms with Crippen LogP contribution in [0.25, 0.3) is 0 Å². The Morgan fingerprint density at radius 3 is 2.58 bits per heavy atom. The largest absolute Gasteiger partial charge is 0.415 e. The lowest BCUT2D eigenvalue weighted by Crippen LogP contribution is -2.56. The number of amides is 1. The number of alkyl halides is 3. The summed E-state index contributed by atoms with van der Waals surface area (Å²) in [5, 5.41) is 3.87. The van der Waals surface area contributed by atoms with Crippen molar-refractivity contribution in [3.05, 3.63) is 48.5 Å². The monoisotopic (exact) mass is 338 g/mol. The zero-order chi connectivity index (χ0) is 17.4. The van der Waals surface area contributed by atoms with Gasteiger partial charge in [-0.2, -0.15) is 18.3 Å². The van der Waals surface area contributed by atoms with Crippen LogP contribution in [-0.4, -0.2) is 38.3 Å². The minimum Gasteiger partial charge on any atom is -0.322 e. The molecule has 0 aliphatic carbocycles. The number of hydrogen-bond acceptors (Lipinski definition) is 3. The minimum absolute atomic E-state index is 0.0618. The van der Waals surface area contributed by atoms with Crippen LogP contribution >= 0.6 is 0 Å². The fourth-order valence-electron chi connectivity index (χ4n) is 3.35. The highest BCUT2D eigenvalue weighted by Gasteiger charge is 2.63. The van der Waals surface area contributed by atoms with Crippen LogP contribution in [0, 0.1) is 0 Å². The molecule has 2 heterocycles. The van der Waals surface area contributed by atoms with Crippen molar-refractivity contribution in [3.63, 3.8) is 0 Å². The summed E-state index contributed by atoms with van der Waals surface area (Å²) in [5.74, 6) is -0.612. The minimum atomic E-state index is -4.57. The Labute approximate surface area is 137 Å². The predicted octanol–water partition coefficient (Wildman–Crippen LogP) is 2.92. The first-order valence-electron chi connectivity index (χ1n) is 7.66. The molecule has 3 rings (SSSR count). The van der Waals surface area contributed by atoms with Crippen molar-refractivity contribution in [1.29, 1.82) is 0 Å². The van der Waals surface area contributed by atoms with Gasteiger partial charge < -0.3 is 4.90 Å². The average Bonchev–Trinajstić information content (AvgIpc) is 3.23. The molecular formula is C16H17F3N4O. The van der Waals surface area contributed by atoms with E-state index in [4.69, 9.17) is 0 Å². The van der Waals surface area contributed by atoms with Crippen LogP contribution < -0.4 is 0 Å². The smallest absolute Gasteiger partial charge is 0.322 e. The van der Waals surface area contributed by atoms with Crippen LogP contribution in [0.1, 0.15) is 31.4 Å². The number of halogens is 3. The molecule has 1 amide bonds. The standard InChI is InChI=1S/C16H17F3N4O/c1-12(23-11-20-10-21-23)14(24)22-9-5-8-15(22,16(17,18)19)13-6-3-2-4-7-13/h2-4,6-7,10-12H,5,8-9H2,1H3. The first kappa shape index (κ1) is 16.5. The summed E-state index contributed by atoms with van der Waals surface area (Å²) in [5.41, 5.74) is -2.20. The van der Waals surface area contributed by atoms with Gasteiger partial charge in [0, 0.05) is 6.54 Å². The molecule has 1 aromatic carbocycles. The van der Waals surface area contributed by atoms with Gasteiger partial charge in [-0.1, -0.05) is 30.3 Å². The van der Waals surface area contributed by atoms with E-state index in [9.17, 15) is 18.0 Å². The summed E-state index contributed by atoms with van der Waals surface area (Å²) in [6.45, 7) is 1.59. The highest BCUT2D eigenvalue weighted by Crippen LogP contribution is 2.51. The lowest BCUT2D eigenvalue weighted by Gasteiger charge is -2.41. The van der Waals surface area contributed by atoms with Crippen LogP contribution in [-0.2, 0) is 10.3 Å². The summed E-state index contributed by atoms with van der Waals surface area (Å²) in [6.07, 6.45) is -1.83. The van der Waals surface area contributed by atoms with E-state index in [0.29, 0.717) is 6.42 Å². The van der Waals surface area contributed by atoms with Gasteiger partial charge >= 0.3 is 6.18 Å². The number of hydrogen-bond donors (Lipinski definition) is 0. The topological polar surface area (TPSA) is 51.0 Å². The van der Waals surface area contributed by atoms with Crippen LogP contribution in [0.15, 0.2) is 43.0 Å². The molecule has 128 valence electrons. The Bertz CT molecular complexity index is 702. The van der Waals surface area contributed by atoms with Crippen molar-refractivity contribution in [2.45, 2.75) is 37.5 Å². The molecular weight excluding hydrogens is 321 g/mol. The molecule has 2 aromatic rings. The van der Waals surface area contributed by atoms with Crippen molar-refractivity contribution >= 4 is 5.91 Å². The summed E-state index contributed by atoms with van der Waals surface area (Å²) < 4.78 is 43.5. The molecule has 0 saturated carbocycles. The zero-order valence-electron chi connectivity index (χ0n) is 13.1. The second-order valence-corrected chi connectivity index (χ2v) is 5.87.